The number of carbonyl (C=O) groups excluding carboxylic acids is 1. The Bertz CT molecular complexity index is 289. The molecule has 2 heteroatoms. The van der Waals surface area contributed by atoms with E-state index in [9.17, 15) is 4.79 Å². The van der Waals surface area contributed by atoms with Crippen LogP contribution >= 0.6 is 0 Å². The van der Waals surface area contributed by atoms with Crippen LogP contribution in [0, 0.1) is 17.8 Å². The Labute approximate surface area is 111 Å². The van der Waals surface area contributed by atoms with Gasteiger partial charge in [0.2, 0.25) is 5.91 Å². The van der Waals surface area contributed by atoms with Gasteiger partial charge in [0.05, 0.1) is 0 Å². The van der Waals surface area contributed by atoms with Gasteiger partial charge in [-0.2, -0.15) is 0 Å². The van der Waals surface area contributed by atoms with Gasteiger partial charge in [0, 0.05) is 19.5 Å². The second-order valence-corrected chi connectivity index (χ2v) is 6.79. The minimum Gasteiger partial charge on any atom is -0.342 e. The first-order valence-electron chi connectivity index (χ1n) is 8.10. The van der Waals surface area contributed by atoms with E-state index in [2.05, 4.69) is 4.90 Å². The molecule has 1 heterocycles. The molecular weight excluding hydrogens is 222 g/mol. The molecule has 2 saturated carbocycles. The van der Waals surface area contributed by atoms with Crippen molar-refractivity contribution < 1.29 is 4.79 Å². The number of hydrogen-bond acceptors (Lipinski definition) is 1. The number of likely N-dealkylation sites (tertiary alicyclic amines) is 1. The van der Waals surface area contributed by atoms with Gasteiger partial charge in [-0.15, -0.1) is 0 Å². The average molecular weight is 249 g/mol. The van der Waals surface area contributed by atoms with Crippen LogP contribution in [0.3, 0.4) is 0 Å². The molecular formula is C16H27NO. The fraction of sp³-hybridized carbons (Fsp3) is 0.938. The number of carbonyl (C=O) groups is 1. The highest BCUT2D eigenvalue weighted by Crippen LogP contribution is 2.37. The van der Waals surface area contributed by atoms with E-state index in [0.717, 1.165) is 31.3 Å². The zero-order chi connectivity index (χ0) is 12.4. The first-order chi connectivity index (χ1) is 8.83. The monoisotopic (exact) mass is 249 g/mol. The molecule has 3 aliphatic rings. The van der Waals surface area contributed by atoms with E-state index in [1.54, 1.807) is 0 Å². The molecule has 18 heavy (non-hydrogen) atoms. The molecule has 1 aliphatic heterocycles. The van der Waals surface area contributed by atoms with Crippen molar-refractivity contribution in [3.63, 3.8) is 0 Å². The Morgan fingerprint density at radius 2 is 1.56 bits per heavy atom. The van der Waals surface area contributed by atoms with Gasteiger partial charge < -0.3 is 4.90 Å². The van der Waals surface area contributed by atoms with Crippen molar-refractivity contribution in [1.82, 2.24) is 4.90 Å². The van der Waals surface area contributed by atoms with Crippen molar-refractivity contribution in [1.29, 1.82) is 0 Å². The lowest BCUT2D eigenvalue weighted by Crippen LogP contribution is -2.30. The lowest BCUT2D eigenvalue weighted by molar-refractivity contribution is -0.131. The van der Waals surface area contributed by atoms with Gasteiger partial charge >= 0.3 is 0 Å². The molecule has 3 rings (SSSR count). The van der Waals surface area contributed by atoms with Crippen molar-refractivity contribution in [2.45, 2.75) is 64.2 Å². The lowest BCUT2D eigenvalue weighted by Gasteiger charge is -2.21. The molecule has 0 bridgehead atoms. The summed E-state index contributed by atoms with van der Waals surface area (Å²) in [5.74, 6) is 2.94. The minimum atomic E-state index is 0.461. The standard InChI is InChI=1S/C16H27NO/c18-16(11-13-5-1-2-6-13)17-10-9-15(12-17)14-7-3-4-8-14/h13-15H,1-12H2. The highest BCUT2D eigenvalue weighted by atomic mass is 16.2. The Morgan fingerprint density at radius 3 is 2.28 bits per heavy atom. The molecule has 1 unspecified atom stereocenters. The molecule has 0 spiro atoms. The molecule has 2 aliphatic carbocycles. The summed E-state index contributed by atoms with van der Waals surface area (Å²) in [7, 11) is 0. The molecule has 102 valence electrons. The van der Waals surface area contributed by atoms with Gasteiger partial charge in [0.15, 0.2) is 0 Å². The number of rotatable bonds is 3. The van der Waals surface area contributed by atoms with E-state index in [4.69, 9.17) is 0 Å². The van der Waals surface area contributed by atoms with Crippen LogP contribution in [-0.4, -0.2) is 23.9 Å². The average Bonchev–Trinajstić information content (AvgIpc) is 3.11. The maximum atomic E-state index is 12.3. The molecule has 1 amide bonds. The summed E-state index contributed by atoms with van der Waals surface area (Å²) < 4.78 is 0. The molecule has 0 aromatic carbocycles. The van der Waals surface area contributed by atoms with Gasteiger partial charge in [-0.3, -0.25) is 4.79 Å². The maximum Gasteiger partial charge on any atom is 0.222 e. The predicted octanol–water partition coefficient (Wildman–Crippen LogP) is 3.61. The SMILES string of the molecule is O=C(CC1CCCC1)N1CCC(C2CCCC2)C1. The zero-order valence-electron chi connectivity index (χ0n) is 11.6. The molecule has 3 fully saturated rings. The second-order valence-electron chi connectivity index (χ2n) is 6.79. The quantitative estimate of drug-likeness (QED) is 0.748. The van der Waals surface area contributed by atoms with Gasteiger partial charge in [-0.1, -0.05) is 38.5 Å². The summed E-state index contributed by atoms with van der Waals surface area (Å²) in [4.78, 5) is 14.5. The van der Waals surface area contributed by atoms with E-state index in [1.165, 1.54) is 57.8 Å². The third-order valence-electron chi connectivity index (χ3n) is 5.58. The summed E-state index contributed by atoms with van der Waals surface area (Å²) in [6.07, 6.45) is 13.1. The lowest BCUT2D eigenvalue weighted by atomic mass is 9.90. The predicted molar refractivity (Wildman–Crippen MR) is 73.2 cm³/mol. The summed E-state index contributed by atoms with van der Waals surface area (Å²) in [6.45, 7) is 2.13. The van der Waals surface area contributed by atoms with Crippen LogP contribution in [0.1, 0.15) is 64.2 Å². The molecule has 0 N–H and O–H groups in total. The largest absolute Gasteiger partial charge is 0.342 e. The summed E-state index contributed by atoms with van der Waals surface area (Å²) >= 11 is 0. The normalized spacial score (nSPS) is 30.4. The molecule has 1 atom stereocenters. The Hall–Kier alpha value is -0.530. The van der Waals surface area contributed by atoms with E-state index >= 15 is 0 Å². The van der Waals surface area contributed by atoms with Crippen LogP contribution in [0.2, 0.25) is 0 Å². The first kappa shape index (κ1) is 12.5. The van der Waals surface area contributed by atoms with Crippen molar-refractivity contribution in [2.75, 3.05) is 13.1 Å². The van der Waals surface area contributed by atoms with E-state index in [-0.39, 0.29) is 0 Å². The maximum absolute atomic E-state index is 12.3. The molecule has 1 saturated heterocycles. The third kappa shape index (κ3) is 2.73. The highest BCUT2D eigenvalue weighted by molar-refractivity contribution is 5.76. The van der Waals surface area contributed by atoms with Crippen molar-refractivity contribution >= 4 is 5.91 Å². The first-order valence-corrected chi connectivity index (χ1v) is 8.10. The molecule has 2 nitrogen and oxygen atoms in total. The van der Waals surface area contributed by atoms with Gasteiger partial charge in [0.1, 0.15) is 0 Å². The Morgan fingerprint density at radius 1 is 0.889 bits per heavy atom. The van der Waals surface area contributed by atoms with E-state index in [1.807, 2.05) is 0 Å². The minimum absolute atomic E-state index is 0.461. The highest BCUT2D eigenvalue weighted by Gasteiger charge is 2.33. The molecule has 0 radical (unpaired) electrons. The molecule has 0 aromatic rings. The number of hydrogen-bond donors (Lipinski definition) is 0. The second kappa shape index (κ2) is 5.63. The molecule has 0 aromatic heterocycles. The van der Waals surface area contributed by atoms with Gasteiger partial charge in [-0.05, 0) is 37.0 Å². The van der Waals surface area contributed by atoms with Crippen LogP contribution in [0.5, 0.6) is 0 Å². The topological polar surface area (TPSA) is 20.3 Å². The summed E-state index contributed by atoms with van der Waals surface area (Å²) in [6, 6.07) is 0. The Kier molecular flexibility index (Phi) is 3.91. The van der Waals surface area contributed by atoms with Crippen molar-refractivity contribution in [3.8, 4) is 0 Å². The fourth-order valence-electron chi connectivity index (χ4n) is 4.42. The van der Waals surface area contributed by atoms with Gasteiger partial charge in [0.25, 0.3) is 0 Å². The van der Waals surface area contributed by atoms with Crippen LogP contribution in [0.4, 0.5) is 0 Å². The van der Waals surface area contributed by atoms with Crippen LogP contribution < -0.4 is 0 Å². The number of amides is 1. The van der Waals surface area contributed by atoms with Crippen LogP contribution in [-0.2, 0) is 4.79 Å². The number of nitrogens with zero attached hydrogens (tertiary/aromatic N) is 1. The fourth-order valence-corrected chi connectivity index (χ4v) is 4.42. The van der Waals surface area contributed by atoms with Crippen LogP contribution in [0.15, 0.2) is 0 Å². The Balaban J connectivity index is 1.46. The van der Waals surface area contributed by atoms with Crippen LogP contribution in [0.25, 0.3) is 0 Å². The zero-order valence-corrected chi connectivity index (χ0v) is 11.6. The smallest absolute Gasteiger partial charge is 0.222 e. The van der Waals surface area contributed by atoms with Crippen molar-refractivity contribution in [2.24, 2.45) is 17.8 Å². The summed E-state index contributed by atoms with van der Waals surface area (Å²) in [5.41, 5.74) is 0. The summed E-state index contributed by atoms with van der Waals surface area (Å²) in [5, 5.41) is 0. The van der Waals surface area contributed by atoms with E-state index in [0.29, 0.717) is 11.8 Å². The van der Waals surface area contributed by atoms with Gasteiger partial charge in [-0.25, -0.2) is 0 Å². The van der Waals surface area contributed by atoms with Crippen molar-refractivity contribution in [3.05, 3.63) is 0 Å². The third-order valence-corrected chi connectivity index (χ3v) is 5.58. The van der Waals surface area contributed by atoms with E-state index < -0.39 is 0 Å².